The van der Waals surface area contributed by atoms with Crippen LogP contribution in [0.3, 0.4) is 0 Å². The number of benzene rings is 1. The van der Waals surface area contributed by atoms with Crippen LogP contribution in [0.5, 0.6) is 0 Å². The third-order valence-corrected chi connectivity index (χ3v) is 3.63. The van der Waals surface area contributed by atoms with Gasteiger partial charge in [-0.25, -0.2) is 4.39 Å². The number of amides is 1. The summed E-state index contributed by atoms with van der Waals surface area (Å²) in [5, 5.41) is 2.75. The quantitative estimate of drug-likeness (QED) is 0.693. The largest absolute Gasteiger partial charge is 0.326 e. The van der Waals surface area contributed by atoms with E-state index >= 15 is 0 Å². The first-order chi connectivity index (χ1) is 7.21. The van der Waals surface area contributed by atoms with Gasteiger partial charge in [0.25, 0.3) is 0 Å². The molecule has 1 spiro atoms. The molecule has 1 amide bonds. The summed E-state index contributed by atoms with van der Waals surface area (Å²) in [5.41, 5.74) is 1.21. The van der Waals surface area contributed by atoms with Crippen LogP contribution in [-0.2, 0) is 10.2 Å². The monoisotopic (exact) mass is 205 g/mol. The number of nitrogens with one attached hydrogen (secondary N) is 1. The minimum Gasteiger partial charge on any atom is -0.326 e. The summed E-state index contributed by atoms with van der Waals surface area (Å²) >= 11 is 0. The summed E-state index contributed by atoms with van der Waals surface area (Å²) in [6, 6.07) is 4.91. The molecule has 3 rings (SSSR count). The Morgan fingerprint density at radius 3 is 2.80 bits per heavy atom. The zero-order valence-corrected chi connectivity index (χ0v) is 8.35. The molecule has 3 heteroatoms. The molecule has 0 aromatic heterocycles. The standard InChI is InChI=1S/C12H12FNO/c13-8-3-1-4-9-11(8)12(5-2-6-12)7-10(15)14-9/h1,3-4H,2,5-7H2,(H,14,15). The number of hydrogen-bond donors (Lipinski definition) is 1. The van der Waals surface area contributed by atoms with E-state index in [1.807, 2.05) is 0 Å². The normalized spacial score (nSPS) is 21.8. The van der Waals surface area contributed by atoms with Crippen molar-refractivity contribution < 1.29 is 9.18 Å². The molecule has 2 nitrogen and oxygen atoms in total. The molecule has 0 saturated heterocycles. The van der Waals surface area contributed by atoms with Gasteiger partial charge in [-0.05, 0) is 25.0 Å². The fourth-order valence-electron chi connectivity index (χ4n) is 2.79. The van der Waals surface area contributed by atoms with E-state index in [1.54, 1.807) is 12.1 Å². The highest BCUT2D eigenvalue weighted by Gasteiger charge is 2.46. The van der Waals surface area contributed by atoms with Gasteiger partial charge in [-0.1, -0.05) is 12.5 Å². The number of carbonyl (C=O) groups excluding carboxylic acids is 1. The third-order valence-electron chi connectivity index (χ3n) is 3.63. The zero-order chi connectivity index (χ0) is 10.5. The average molecular weight is 205 g/mol. The Morgan fingerprint density at radius 1 is 1.33 bits per heavy atom. The molecule has 1 heterocycles. The number of fused-ring (bicyclic) bond motifs is 2. The predicted molar refractivity (Wildman–Crippen MR) is 55.2 cm³/mol. The van der Waals surface area contributed by atoms with Gasteiger partial charge >= 0.3 is 0 Å². The van der Waals surface area contributed by atoms with Crippen LogP contribution in [-0.4, -0.2) is 5.91 Å². The Morgan fingerprint density at radius 2 is 2.13 bits per heavy atom. The first-order valence-corrected chi connectivity index (χ1v) is 5.30. The second-order valence-electron chi connectivity index (χ2n) is 4.52. The molecule has 1 saturated carbocycles. The van der Waals surface area contributed by atoms with E-state index in [0.29, 0.717) is 12.1 Å². The molecule has 78 valence electrons. The Balaban J connectivity index is 2.20. The third kappa shape index (κ3) is 1.12. The number of hydrogen-bond acceptors (Lipinski definition) is 1. The molecule has 0 radical (unpaired) electrons. The number of rotatable bonds is 0. The van der Waals surface area contributed by atoms with Crippen molar-refractivity contribution in [2.45, 2.75) is 31.1 Å². The highest BCUT2D eigenvalue weighted by Crippen LogP contribution is 2.51. The SMILES string of the molecule is O=C1CC2(CCC2)c2c(F)cccc2N1. The maximum Gasteiger partial charge on any atom is 0.225 e. The second kappa shape index (κ2) is 2.81. The molecular weight excluding hydrogens is 193 g/mol. The second-order valence-corrected chi connectivity index (χ2v) is 4.52. The van der Waals surface area contributed by atoms with E-state index in [4.69, 9.17) is 0 Å². The average Bonchev–Trinajstić information content (AvgIpc) is 2.14. The van der Waals surface area contributed by atoms with E-state index in [9.17, 15) is 9.18 Å². The van der Waals surface area contributed by atoms with Gasteiger partial charge in [0.15, 0.2) is 0 Å². The minimum absolute atomic E-state index is 0.0211. The van der Waals surface area contributed by atoms with E-state index < -0.39 is 0 Å². The summed E-state index contributed by atoms with van der Waals surface area (Å²) in [7, 11) is 0. The van der Waals surface area contributed by atoms with Gasteiger partial charge in [0.1, 0.15) is 5.82 Å². The van der Waals surface area contributed by atoms with Crippen LogP contribution in [0, 0.1) is 5.82 Å². The van der Waals surface area contributed by atoms with Crippen molar-refractivity contribution in [1.29, 1.82) is 0 Å². The molecule has 1 fully saturated rings. The molecule has 1 aliphatic heterocycles. The van der Waals surface area contributed by atoms with Crippen molar-refractivity contribution in [1.82, 2.24) is 0 Å². The first kappa shape index (κ1) is 8.89. The smallest absolute Gasteiger partial charge is 0.225 e. The van der Waals surface area contributed by atoms with Crippen LogP contribution in [0.2, 0.25) is 0 Å². The van der Waals surface area contributed by atoms with Crippen LogP contribution in [0.1, 0.15) is 31.2 Å². The molecule has 1 aliphatic carbocycles. The first-order valence-electron chi connectivity index (χ1n) is 5.30. The maximum absolute atomic E-state index is 13.8. The Kier molecular flexibility index (Phi) is 1.67. The molecule has 1 aromatic carbocycles. The van der Waals surface area contributed by atoms with Crippen LogP contribution in [0.25, 0.3) is 0 Å². The number of anilines is 1. The van der Waals surface area contributed by atoms with Gasteiger partial charge in [0, 0.05) is 23.1 Å². The lowest BCUT2D eigenvalue weighted by molar-refractivity contribution is -0.118. The van der Waals surface area contributed by atoms with Gasteiger partial charge in [-0.15, -0.1) is 0 Å². The summed E-state index contributed by atoms with van der Waals surface area (Å²) in [5.74, 6) is -0.153. The summed E-state index contributed by atoms with van der Waals surface area (Å²) in [6.07, 6.45) is 3.42. The van der Waals surface area contributed by atoms with Crippen LogP contribution in [0.4, 0.5) is 10.1 Å². The molecule has 0 bridgehead atoms. The van der Waals surface area contributed by atoms with Crippen LogP contribution >= 0.6 is 0 Å². The molecule has 1 aromatic rings. The van der Waals surface area contributed by atoms with Crippen molar-refractivity contribution in [2.24, 2.45) is 0 Å². The minimum atomic E-state index is -0.191. The number of halogens is 1. The topological polar surface area (TPSA) is 29.1 Å². The van der Waals surface area contributed by atoms with Gasteiger partial charge in [0.05, 0.1) is 0 Å². The summed E-state index contributed by atoms with van der Waals surface area (Å²) in [6.45, 7) is 0. The van der Waals surface area contributed by atoms with Gasteiger partial charge < -0.3 is 5.32 Å². The van der Waals surface area contributed by atoms with E-state index in [0.717, 1.165) is 24.8 Å². The molecule has 1 N–H and O–H groups in total. The fraction of sp³-hybridized carbons (Fsp3) is 0.417. The zero-order valence-electron chi connectivity index (χ0n) is 8.35. The van der Waals surface area contributed by atoms with Crippen molar-refractivity contribution in [3.05, 3.63) is 29.6 Å². The maximum atomic E-state index is 13.8. The van der Waals surface area contributed by atoms with E-state index in [2.05, 4.69) is 5.32 Å². The Hall–Kier alpha value is -1.38. The Bertz CT molecular complexity index is 437. The van der Waals surface area contributed by atoms with Crippen molar-refractivity contribution in [3.8, 4) is 0 Å². The van der Waals surface area contributed by atoms with Crippen LogP contribution in [0.15, 0.2) is 18.2 Å². The summed E-state index contributed by atoms with van der Waals surface area (Å²) < 4.78 is 13.8. The lowest BCUT2D eigenvalue weighted by atomic mass is 9.60. The fourth-order valence-corrected chi connectivity index (χ4v) is 2.79. The van der Waals surface area contributed by atoms with Crippen molar-refractivity contribution >= 4 is 11.6 Å². The Labute approximate surface area is 87.5 Å². The van der Waals surface area contributed by atoms with E-state index in [-0.39, 0.29) is 17.1 Å². The molecule has 15 heavy (non-hydrogen) atoms. The molecule has 2 aliphatic rings. The predicted octanol–water partition coefficient (Wildman–Crippen LogP) is 2.59. The number of carbonyl (C=O) groups is 1. The van der Waals surface area contributed by atoms with Crippen molar-refractivity contribution in [2.75, 3.05) is 5.32 Å². The molecule has 0 atom stereocenters. The molecular formula is C12H12FNO. The summed E-state index contributed by atoms with van der Waals surface area (Å²) in [4.78, 5) is 11.5. The highest BCUT2D eigenvalue weighted by atomic mass is 19.1. The van der Waals surface area contributed by atoms with Gasteiger partial charge in [0.2, 0.25) is 5.91 Å². The lowest BCUT2D eigenvalue weighted by Crippen LogP contribution is -2.43. The lowest BCUT2D eigenvalue weighted by Gasteiger charge is -2.45. The molecule has 0 unspecified atom stereocenters. The van der Waals surface area contributed by atoms with Crippen LogP contribution < -0.4 is 5.32 Å². The highest BCUT2D eigenvalue weighted by molar-refractivity contribution is 5.95. The van der Waals surface area contributed by atoms with E-state index in [1.165, 1.54) is 6.07 Å². The van der Waals surface area contributed by atoms with Gasteiger partial charge in [-0.2, -0.15) is 0 Å². The van der Waals surface area contributed by atoms with Gasteiger partial charge in [-0.3, -0.25) is 4.79 Å². The van der Waals surface area contributed by atoms with Crippen molar-refractivity contribution in [3.63, 3.8) is 0 Å².